The van der Waals surface area contributed by atoms with Crippen LogP contribution in [0.4, 0.5) is 0 Å². The second kappa shape index (κ2) is 5.71. The third-order valence-corrected chi connectivity index (χ3v) is 2.59. The van der Waals surface area contributed by atoms with Crippen LogP contribution in [-0.4, -0.2) is 5.97 Å². The number of carboxylic acids is 1. The molecule has 0 aliphatic heterocycles. The molecule has 0 spiro atoms. The molecule has 0 N–H and O–H groups in total. The summed E-state index contributed by atoms with van der Waals surface area (Å²) in [5.74, 6) is -1.11. The summed E-state index contributed by atoms with van der Waals surface area (Å²) in [6.07, 6.45) is 0. The van der Waals surface area contributed by atoms with Crippen LogP contribution in [0.1, 0.15) is 21.5 Å². The Morgan fingerprint density at radius 1 is 1.12 bits per heavy atom. The average Bonchev–Trinajstić information content (AvgIpc) is 2.17. The van der Waals surface area contributed by atoms with E-state index in [0.29, 0.717) is 5.56 Å². The topological polar surface area (TPSA) is 40.1 Å². The van der Waals surface area contributed by atoms with Crippen molar-refractivity contribution in [3.05, 3.63) is 47.0 Å². The van der Waals surface area contributed by atoms with Gasteiger partial charge in [0.2, 0.25) is 0 Å². The van der Waals surface area contributed by atoms with Gasteiger partial charge in [-0.2, -0.15) is 0 Å². The summed E-state index contributed by atoms with van der Waals surface area (Å²) in [5, 5.41) is 12.7. The van der Waals surface area contributed by atoms with E-state index < -0.39 is 5.97 Å². The van der Waals surface area contributed by atoms with Crippen LogP contribution in [-0.2, 0) is 0 Å². The summed E-state index contributed by atoms with van der Waals surface area (Å²) >= 11 is 0. The van der Waals surface area contributed by atoms with Crippen LogP contribution in [0, 0.1) is 13.8 Å². The van der Waals surface area contributed by atoms with Crippen LogP contribution < -0.4 is 74.0 Å². The van der Waals surface area contributed by atoms with Gasteiger partial charge in [-0.1, -0.05) is 35.9 Å². The summed E-state index contributed by atoms with van der Waals surface area (Å²) in [7, 11) is 0. The molecular formula is C13H11CsO2. The number of fused-ring (bicyclic) bond motifs is 1. The first kappa shape index (κ1) is 14.3. The summed E-state index contributed by atoms with van der Waals surface area (Å²) in [6.45, 7) is 3.77. The Morgan fingerprint density at radius 2 is 1.81 bits per heavy atom. The molecule has 0 aromatic heterocycles. The molecule has 0 saturated carbocycles. The van der Waals surface area contributed by atoms with Crippen molar-refractivity contribution in [3.63, 3.8) is 0 Å². The van der Waals surface area contributed by atoms with Gasteiger partial charge in [-0.3, -0.25) is 0 Å². The van der Waals surface area contributed by atoms with Crippen LogP contribution >= 0.6 is 0 Å². The summed E-state index contributed by atoms with van der Waals surface area (Å²) in [5.41, 5.74) is 2.16. The summed E-state index contributed by atoms with van der Waals surface area (Å²) in [4.78, 5) is 11.0. The van der Waals surface area contributed by atoms with Crippen molar-refractivity contribution >= 4 is 16.7 Å². The normalized spacial score (nSPS) is 9.88. The number of aryl methyl sites for hydroxylation is 2. The molecule has 2 rings (SSSR count). The summed E-state index contributed by atoms with van der Waals surface area (Å²) < 4.78 is 0. The molecule has 0 aliphatic rings. The Labute approximate surface area is 153 Å². The van der Waals surface area contributed by atoms with E-state index in [1.54, 1.807) is 6.92 Å². The molecule has 0 fully saturated rings. The van der Waals surface area contributed by atoms with Gasteiger partial charge in [0, 0.05) is 5.56 Å². The zero-order valence-corrected chi connectivity index (χ0v) is 16.0. The maximum absolute atomic E-state index is 11.0. The smallest absolute Gasteiger partial charge is 0.545 e. The molecule has 0 bridgehead atoms. The number of carbonyl (C=O) groups is 1. The minimum Gasteiger partial charge on any atom is -0.545 e. The molecule has 2 aromatic rings. The quantitative estimate of drug-likeness (QED) is 0.660. The fraction of sp³-hybridized carbons (Fsp3) is 0.154. The number of hydrogen-bond acceptors (Lipinski definition) is 2. The Morgan fingerprint density at radius 3 is 2.44 bits per heavy atom. The Bertz CT molecular complexity index is 547. The maximum atomic E-state index is 11.0. The molecule has 0 unspecified atom stereocenters. The second-order valence-corrected chi connectivity index (χ2v) is 3.77. The second-order valence-electron chi connectivity index (χ2n) is 3.77. The molecule has 0 saturated heterocycles. The van der Waals surface area contributed by atoms with Crippen molar-refractivity contribution in [1.82, 2.24) is 0 Å². The summed E-state index contributed by atoms with van der Waals surface area (Å²) in [6, 6.07) is 9.47. The van der Waals surface area contributed by atoms with Gasteiger partial charge in [0.1, 0.15) is 0 Å². The molecule has 3 heteroatoms. The third-order valence-electron chi connectivity index (χ3n) is 2.59. The average molecular weight is 332 g/mol. The number of carbonyl (C=O) groups excluding carboxylic acids is 1. The third kappa shape index (κ3) is 2.72. The number of benzene rings is 2. The van der Waals surface area contributed by atoms with Crippen LogP contribution in [0.15, 0.2) is 30.3 Å². The van der Waals surface area contributed by atoms with Crippen molar-refractivity contribution in [3.8, 4) is 0 Å². The zero-order valence-electron chi connectivity index (χ0n) is 9.70. The molecule has 0 aliphatic carbocycles. The van der Waals surface area contributed by atoms with E-state index in [9.17, 15) is 9.90 Å². The number of rotatable bonds is 1. The van der Waals surface area contributed by atoms with E-state index in [1.807, 2.05) is 37.3 Å². The minimum absolute atomic E-state index is 0. The van der Waals surface area contributed by atoms with Crippen molar-refractivity contribution in [2.24, 2.45) is 0 Å². The maximum Gasteiger partial charge on any atom is 1.00 e. The fourth-order valence-electron chi connectivity index (χ4n) is 1.83. The first-order valence-corrected chi connectivity index (χ1v) is 4.81. The Kier molecular flexibility index (Phi) is 5.10. The van der Waals surface area contributed by atoms with E-state index in [4.69, 9.17) is 0 Å². The van der Waals surface area contributed by atoms with E-state index in [1.165, 1.54) is 0 Å². The van der Waals surface area contributed by atoms with Gasteiger partial charge in [-0.15, -0.1) is 0 Å². The molecular weight excluding hydrogens is 321 g/mol. The number of carboxylic acid groups (broad SMARTS) is 1. The van der Waals surface area contributed by atoms with Gasteiger partial charge in [-0.25, -0.2) is 0 Å². The standard InChI is InChI=1S/C13H12O2.Cs/c1-8-3-6-11-10(7-8)5-4-9(2)12(11)13(14)15;/h3-7H,1-2H3,(H,14,15);/q;+1/p-1. The molecule has 0 heterocycles. The molecule has 0 atom stereocenters. The minimum atomic E-state index is -1.11. The molecule has 2 nitrogen and oxygen atoms in total. The van der Waals surface area contributed by atoms with Crippen LogP contribution in [0.2, 0.25) is 0 Å². The molecule has 76 valence electrons. The van der Waals surface area contributed by atoms with E-state index in [-0.39, 0.29) is 68.9 Å². The zero-order chi connectivity index (χ0) is 11.0. The molecule has 2 aromatic carbocycles. The number of aromatic carboxylic acids is 1. The van der Waals surface area contributed by atoms with Crippen molar-refractivity contribution < 1.29 is 78.8 Å². The van der Waals surface area contributed by atoms with Crippen LogP contribution in [0.3, 0.4) is 0 Å². The number of hydrogen-bond donors (Lipinski definition) is 0. The molecule has 16 heavy (non-hydrogen) atoms. The van der Waals surface area contributed by atoms with E-state index in [0.717, 1.165) is 21.9 Å². The first-order chi connectivity index (χ1) is 7.09. The van der Waals surface area contributed by atoms with Crippen molar-refractivity contribution in [2.75, 3.05) is 0 Å². The van der Waals surface area contributed by atoms with Crippen LogP contribution in [0.25, 0.3) is 10.8 Å². The van der Waals surface area contributed by atoms with E-state index in [2.05, 4.69) is 0 Å². The predicted octanol–water partition coefficient (Wildman–Crippen LogP) is -1.18. The van der Waals surface area contributed by atoms with Crippen molar-refractivity contribution in [2.45, 2.75) is 13.8 Å². The Balaban J connectivity index is 0.00000128. The van der Waals surface area contributed by atoms with Gasteiger partial charge in [0.15, 0.2) is 0 Å². The monoisotopic (exact) mass is 332 g/mol. The fourth-order valence-corrected chi connectivity index (χ4v) is 1.83. The first-order valence-electron chi connectivity index (χ1n) is 4.81. The van der Waals surface area contributed by atoms with Gasteiger partial charge in [0.25, 0.3) is 0 Å². The Hall–Kier alpha value is 0.222. The van der Waals surface area contributed by atoms with Gasteiger partial charge < -0.3 is 9.90 Å². The predicted molar refractivity (Wildman–Crippen MR) is 57.8 cm³/mol. The van der Waals surface area contributed by atoms with Gasteiger partial charge in [-0.05, 0) is 30.2 Å². The van der Waals surface area contributed by atoms with Gasteiger partial charge >= 0.3 is 68.9 Å². The van der Waals surface area contributed by atoms with Crippen LogP contribution in [0.5, 0.6) is 0 Å². The van der Waals surface area contributed by atoms with Gasteiger partial charge in [0.05, 0.1) is 5.97 Å². The largest absolute Gasteiger partial charge is 1.00 e. The van der Waals surface area contributed by atoms with E-state index >= 15 is 0 Å². The molecule has 0 radical (unpaired) electrons. The SMILES string of the molecule is Cc1ccc2c(C(=O)[O-])c(C)ccc2c1.[Cs+]. The molecule has 0 amide bonds. The van der Waals surface area contributed by atoms with Crippen molar-refractivity contribution in [1.29, 1.82) is 0 Å².